The van der Waals surface area contributed by atoms with E-state index in [1.165, 1.54) is 25.9 Å². The van der Waals surface area contributed by atoms with E-state index in [-0.39, 0.29) is 10.6 Å². The largest absolute Gasteiger partial charge is 0.364 e. The summed E-state index contributed by atoms with van der Waals surface area (Å²) in [5.41, 5.74) is 1.95. The molecule has 0 aromatic heterocycles. The number of likely N-dealkylation sites (tertiary alicyclic amines) is 1. The maximum atomic E-state index is 11.3. The zero-order valence-corrected chi connectivity index (χ0v) is 13.6. The number of hydrogen-bond donors (Lipinski definition) is 0. The van der Waals surface area contributed by atoms with Gasteiger partial charge in [-0.15, -0.1) is 0 Å². The molecular weight excluding hydrogens is 334 g/mol. The zero-order chi connectivity index (χ0) is 14.8. The molecule has 3 rings (SSSR count). The molecule has 1 aromatic carbocycles. The van der Waals surface area contributed by atoms with Crippen LogP contribution in [0, 0.1) is 10.1 Å². The van der Waals surface area contributed by atoms with Gasteiger partial charge in [-0.2, -0.15) is 0 Å². The van der Waals surface area contributed by atoms with Crippen LogP contribution in [0.5, 0.6) is 0 Å². The summed E-state index contributed by atoms with van der Waals surface area (Å²) < 4.78 is 0. The Kier molecular flexibility index (Phi) is 4.45. The lowest BCUT2D eigenvalue weighted by Crippen LogP contribution is -2.35. The highest BCUT2D eigenvalue weighted by Crippen LogP contribution is 2.33. The Labute approximate surface area is 133 Å². The summed E-state index contributed by atoms with van der Waals surface area (Å²) >= 11 is 3.36. The molecule has 2 heterocycles. The minimum Gasteiger partial charge on any atom is -0.364 e. The first kappa shape index (κ1) is 14.8. The Hall–Kier alpha value is -1.14. The van der Waals surface area contributed by atoms with E-state index >= 15 is 0 Å². The van der Waals surface area contributed by atoms with Crippen LogP contribution < -0.4 is 4.90 Å². The monoisotopic (exact) mass is 353 g/mol. The van der Waals surface area contributed by atoms with E-state index in [0.717, 1.165) is 30.8 Å². The van der Waals surface area contributed by atoms with Crippen molar-refractivity contribution in [2.45, 2.75) is 30.6 Å². The van der Waals surface area contributed by atoms with Crippen LogP contribution in [0.4, 0.5) is 11.4 Å². The third kappa shape index (κ3) is 3.06. The molecule has 21 heavy (non-hydrogen) atoms. The summed E-state index contributed by atoms with van der Waals surface area (Å²) in [5, 5.41) is 12.0. The summed E-state index contributed by atoms with van der Waals surface area (Å²) in [4.78, 5) is 15.8. The topological polar surface area (TPSA) is 49.6 Å². The number of halogens is 1. The van der Waals surface area contributed by atoms with E-state index < -0.39 is 0 Å². The Bertz CT molecular complexity index is 532. The van der Waals surface area contributed by atoms with Crippen LogP contribution in [0.1, 0.15) is 24.8 Å². The van der Waals surface area contributed by atoms with Crippen LogP contribution >= 0.6 is 15.9 Å². The van der Waals surface area contributed by atoms with Crippen molar-refractivity contribution in [3.05, 3.63) is 33.9 Å². The number of hydrogen-bond acceptors (Lipinski definition) is 4. The Morgan fingerprint density at radius 2 is 2.05 bits per heavy atom. The minimum absolute atomic E-state index is 0.231. The number of anilines is 1. The first-order chi connectivity index (χ1) is 10.2. The number of nitro groups is 1. The standard InChI is InChI=1S/C15H20BrN3O2/c16-10-12-3-4-14(15(9-12)19(20)21)18-8-5-13(11-18)17-6-1-2-7-17/h3-4,9,13H,1-2,5-8,10-11H2. The second-order valence-electron chi connectivity index (χ2n) is 5.85. The van der Waals surface area contributed by atoms with Gasteiger partial charge in [-0.1, -0.05) is 22.0 Å². The molecule has 6 heteroatoms. The number of benzene rings is 1. The van der Waals surface area contributed by atoms with Gasteiger partial charge in [0.1, 0.15) is 5.69 Å². The predicted octanol–water partition coefficient (Wildman–Crippen LogP) is 3.16. The van der Waals surface area contributed by atoms with Gasteiger partial charge in [-0.25, -0.2) is 0 Å². The van der Waals surface area contributed by atoms with Crippen LogP contribution in [0.2, 0.25) is 0 Å². The fraction of sp³-hybridized carbons (Fsp3) is 0.600. The molecule has 114 valence electrons. The van der Waals surface area contributed by atoms with Gasteiger partial charge in [0.05, 0.1) is 4.92 Å². The van der Waals surface area contributed by atoms with Crippen molar-refractivity contribution in [3.63, 3.8) is 0 Å². The Morgan fingerprint density at radius 3 is 2.71 bits per heavy atom. The quantitative estimate of drug-likeness (QED) is 0.474. The fourth-order valence-electron chi connectivity index (χ4n) is 3.43. The summed E-state index contributed by atoms with van der Waals surface area (Å²) in [6, 6.07) is 6.12. The lowest BCUT2D eigenvalue weighted by Gasteiger charge is -2.24. The highest BCUT2D eigenvalue weighted by molar-refractivity contribution is 9.08. The third-order valence-corrected chi connectivity index (χ3v) is 5.20. The van der Waals surface area contributed by atoms with Crippen molar-refractivity contribution < 1.29 is 4.92 Å². The summed E-state index contributed by atoms with van der Waals surface area (Å²) in [5.74, 6) is 0. The van der Waals surface area contributed by atoms with Crippen LogP contribution in [0.25, 0.3) is 0 Å². The molecule has 2 aliphatic rings. The summed E-state index contributed by atoms with van der Waals surface area (Å²) in [6.07, 6.45) is 3.69. The minimum atomic E-state index is -0.259. The van der Waals surface area contributed by atoms with E-state index in [2.05, 4.69) is 25.7 Å². The lowest BCUT2D eigenvalue weighted by molar-refractivity contribution is -0.384. The molecule has 0 bridgehead atoms. The van der Waals surface area contributed by atoms with Crippen molar-refractivity contribution >= 4 is 27.3 Å². The third-order valence-electron chi connectivity index (χ3n) is 4.55. The van der Waals surface area contributed by atoms with Crippen molar-refractivity contribution in [1.29, 1.82) is 0 Å². The normalized spacial score (nSPS) is 22.9. The van der Waals surface area contributed by atoms with E-state index in [1.807, 2.05) is 12.1 Å². The van der Waals surface area contributed by atoms with E-state index in [9.17, 15) is 10.1 Å². The SMILES string of the molecule is O=[N+]([O-])c1cc(CBr)ccc1N1CCC(N2CCCC2)C1. The zero-order valence-electron chi connectivity index (χ0n) is 12.0. The molecule has 2 aliphatic heterocycles. The van der Waals surface area contributed by atoms with Crippen molar-refractivity contribution in [3.8, 4) is 0 Å². The number of nitrogens with zero attached hydrogens (tertiary/aromatic N) is 3. The van der Waals surface area contributed by atoms with Gasteiger partial charge in [-0.3, -0.25) is 15.0 Å². The smallest absolute Gasteiger partial charge is 0.292 e. The van der Waals surface area contributed by atoms with E-state index in [1.54, 1.807) is 6.07 Å². The Morgan fingerprint density at radius 1 is 1.29 bits per heavy atom. The molecule has 1 unspecified atom stereocenters. The van der Waals surface area contributed by atoms with Gasteiger partial charge in [0, 0.05) is 30.5 Å². The second kappa shape index (κ2) is 6.32. The molecule has 0 spiro atoms. The maximum absolute atomic E-state index is 11.3. The number of alkyl halides is 1. The highest BCUT2D eigenvalue weighted by atomic mass is 79.9. The number of nitro benzene ring substituents is 1. The molecule has 0 amide bonds. The van der Waals surface area contributed by atoms with Gasteiger partial charge in [0.25, 0.3) is 5.69 Å². The van der Waals surface area contributed by atoms with Crippen LogP contribution in [-0.4, -0.2) is 42.0 Å². The van der Waals surface area contributed by atoms with Gasteiger partial charge in [0.15, 0.2) is 0 Å². The molecule has 5 nitrogen and oxygen atoms in total. The average Bonchev–Trinajstić information content (AvgIpc) is 3.17. The van der Waals surface area contributed by atoms with Gasteiger partial charge >= 0.3 is 0 Å². The molecule has 1 aromatic rings. The molecule has 1 atom stereocenters. The number of rotatable bonds is 4. The summed E-state index contributed by atoms with van der Waals surface area (Å²) in [6.45, 7) is 4.19. The van der Waals surface area contributed by atoms with Crippen LogP contribution in [0.15, 0.2) is 18.2 Å². The van der Waals surface area contributed by atoms with E-state index in [0.29, 0.717) is 11.4 Å². The predicted molar refractivity (Wildman–Crippen MR) is 87.2 cm³/mol. The molecule has 0 radical (unpaired) electrons. The fourth-order valence-corrected chi connectivity index (χ4v) is 3.78. The van der Waals surface area contributed by atoms with Crippen molar-refractivity contribution in [1.82, 2.24) is 4.90 Å². The Balaban J connectivity index is 1.79. The van der Waals surface area contributed by atoms with Gasteiger partial charge in [0.2, 0.25) is 0 Å². The first-order valence-electron chi connectivity index (χ1n) is 7.51. The molecule has 0 aliphatic carbocycles. The van der Waals surface area contributed by atoms with Crippen LogP contribution in [-0.2, 0) is 5.33 Å². The van der Waals surface area contributed by atoms with Gasteiger partial charge < -0.3 is 4.90 Å². The molecule has 2 saturated heterocycles. The van der Waals surface area contributed by atoms with Crippen molar-refractivity contribution in [2.75, 3.05) is 31.1 Å². The van der Waals surface area contributed by atoms with Gasteiger partial charge in [-0.05, 0) is 44.0 Å². The van der Waals surface area contributed by atoms with Crippen molar-refractivity contribution in [2.24, 2.45) is 0 Å². The van der Waals surface area contributed by atoms with Crippen LogP contribution in [0.3, 0.4) is 0 Å². The molecule has 0 saturated carbocycles. The summed E-state index contributed by atoms with van der Waals surface area (Å²) in [7, 11) is 0. The first-order valence-corrected chi connectivity index (χ1v) is 8.63. The lowest BCUT2D eigenvalue weighted by atomic mass is 10.2. The highest BCUT2D eigenvalue weighted by Gasteiger charge is 2.32. The maximum Gasteiger partial charge on any atom is 0.292 e. The molecular formula is C15H20BrN3O2. The van der Waals surface area contributed by atoms with E-state index in [4.69, 9.17) is 0 Å². The molecule has 2 fully saturated rings. The second-order valence-corrected chi connectivity index (χ2v) is 6.41. The molecule has 0 N–H and O–H groups in total. The average molecular weight is 354 g/mol.